The third-order valence-electron chi connectivity index (χ3n) is 1.29. The Bertz CT molecular complexity index is 389. The number of nitrogens with two attached hydrogens (primary N) is 1. The highest BCUT2D eigenvalue weighted by Gasteiger charge is 2.14. The van der Waals surface area contributed by atoms with Crippen LogP contribution < -0.4 is 5.73 Å². The quantitative estimate of drug-likeness (QED) is 0.353. The van der Waals surface area contributed by atoms with Crippen LogP contribution in [-0.4, -0.2) is 0 Å². The summed E-state index contributed by atoms with van der Waals surface area (Å²) in [6, 6.07) is 1.22. The van der Waals surface area contributed by atoms with Crippen molar-refractivity contribution < 1.29 is 4.39 Å². The molecule has 2 N–H and O–H groups in total. The van der Waals surface area contributed by atoms with Crippen LogP contribution in [0.25, 0.3) is 0 Å². The summed E-state index contributed by atoms with van der Waals surface area (Å²) >= 11 is 11.7. The van der Waals surface area contributed by atoms with Gasteiger partial charge in [-0.15, -0.1) is 0 Å². The van der Waals surface area contributed by atoms with Crippen LogP contribution >= 0.6 is 35.0 Å². The molecule has 68 valence electrons. The molecule has 1 rings (SSSR count). The molecule has 0 aliphatic carbocycles. The van der Waals surface area contributed by atoms with Crippen molar-refractivity contribution in [3.63, 3.8) is 0 Å². The van der Waals surface area contributed by atoms with E-state index in [1.807, 2.05) is 0 Å². The van der Waals surface area contributed by atoms with Crippen LogP contribution in [0.2, 0.25) is 10.0 Å². The van der Waals surface area contributed by atoms with E-state index in [0.717, 1.165) is 0 Å². The number of nitrogens with zero attached hydrogens (tertiary/aromatic N) is 1. The largest absolute Gasteiger partial charge is 0.398 e. The van der Waals surface area contributed by atoms with E-state index in [-0.39, 0.29) is 20.6 Å². The second-order valence-electron chi connectivity index (χ2n) is 2.10. The average Bonchev–Trinajstić information content (AvgIpc) is 2.09. The number of thiocyanates is 1. The van der Waals surface area contributed by atoms with Gasteiger partial charge < -0.3 is 5.73 Å². The summed E-state index contributed by atoms with van der Waals surface area (Å²) in [7, 11) is 0. The summed E-state index contributed by atoms with van der Waals surface area (Å²) in [6.45, 7) is 0. The molecule has 0 aliphatic rings. The zero-order valence-electron chi connectivity index (χ0n) is 6.14. The molecule has 1 aromatic carbocycles. The zero-order valence-corrected chi connectivity index (χ0v) is 8.47. The van der Waals surface area contributed by atoms with Gasteiger partial charge in [-0.05, 0) is 17.8 Å². The van der Waals surface area contributed by atoms with E-state index >= 15 is 0 Å². The lowest BCUT2D eigenvalue weighted by Crippen LogP contribution is -1.92. The number of anilines is 1. The molecule has 0 aromatic heterocycles. The molecule has 0 bridgehead atoms. The van der Waals surface area contributed by atoms with Crippen molar-refractivity contribution in [3.05, 3.63) is 21.9 Å². The SMILES string of the molecule is N#CSc1c(N)cc(Cl)c(F)c1Cl. The highest BCUT2D eigenvalue weighted by Crippen LogP contribution is 2.37. The van der Waals surface area contributed by atoms with Crippen LogP contribution in [0.4, 0.5) is 10.1 Å². The number of benzene rings is 1. The molecule has 0 aliphatic heterocycles. The number of nitrogen functional groups attached to an aromatic ring is 1. The number of thioether (sulfide) groups is 1. The van der Waals surface area contributed by atoms with Crippen LogP contribution in [0.5, 0.6) is 0 Å². The Hall–Kier alpha value is -0.630. The number of hydrogen-bond donors (Lipinski definition) is 1. The molecular weight excluding hydrogens is 234 g/mol. The van der Waals surface area contributed by atoms with E-state index in [1.165, 1.54) is 6.07 Å². The molecule has 0 heterocycles. The third kappa shape index (κ3) is 1.99. The minimum absolute atomic E-state index is 0.148. The van der Waals surface area contributed by atoms with Crippen LogP contribution in [0.15, 0.2) is 11.0 Å². The molecule has 0 unspecified atom stereocenters. The summed E-state index contributed by atoms with van der Waals surface area (Å²) in [6.07, 6.45) is 0. The van der Waals surface area contributed by atoms with E-state index in [9.17, 15) is 4.39 Å². The van der Waals surface area contributed by atoms with Crippen molar-refractivity contribution in [2.24, 2.45) is 0 Å². The van der Waals surface area contributed by atoms with Gasteiger partial charge >= 0.3 is 0 Å². The second-order valence-corrected chi connectivity index (χ2v) is 3.68. The Morgan fingerprint density at radius 2 is 2.15 bits per heavy atom. The first-order chi connectivity index (χ1) is 6.07. The van der Waals surface area contributed by atoms with Gasteiger partial charge in [-0.2, -0.15) is 5.26 Å². The lowest BCUT2D eigenvalue weighted by Gasteiger charge is -2.05. The number of nitriles is 1. The highest BCUT2D eigenvalue weighted by atomic mass is 35.5. The Kier molecular flexibility index (Phi) is 3.26. The van der Waals surface area contributed by atoms with Gasteiger partial charge in [-0.25, -0.2) is 4.39 Å². The average molecular weight is 237 g/mol. The van der Waals surface area contributed by atoms with Gasteiger partial charge in [-0.3, -0.25) is 0 Å². The van der Waals surface area contributed by atoms with E-state index in [2.05, 4.69) is 0 Å². The second kappa shape index (κ2) is 4.05. The molecule has 0 radical (unpaired) electrons. The molecule has 0 fully saturated rings. The van der Waals surface area contributed by atoms with Crippen molar-refractivity contribution in [3.8, 4) is 5.40 Å². The van der Waals surface area contributed by atoms with Crippen LogP contribution in [0.1, 0.15) is 0 Å². The Balaban J connectivity index is 3.36. The van der Waals surface area contributed by atoms with Crippen molar-refractivity contribution in [1.29, 1.82) is 5.26 Å². The smallest absolute Gasteiger partial charge is 0.161 e. The molecule has 0 saturated carbocycles. The van der Waals surface area contributed by atoms with Crippen molar-refractivity contribution in [2.45, 2.75) is 4.90 Å². The summed E-state index contributed by atoms with van der Waals surface area (Å²) in [5.41, 5.74) is 5.67. The fraction of sp³-hybridized carbons (Fsp3) is 0. The Morgan fingerprint density at radius 3 is 2.69 bits per heavy atom. The normalized spacial score (nSPS) is 9.69. The molecule has 0 amide bonds. The van der Waals surface area contributed by atoms with Gasteiger partial charge in [0.1, 0.15) is 5.40 Å². The number of rotatable bonds is 1. The lowest BCUT2D eigenvalue weighted by molar-refractivity contribution is 0.625. The first-order valence-corrected chi connectivity index (χ1v) is 4.64. The minimum Gasteiger partial charge on any atom is -0.398 e. The van der Waals surface area contributed by atoms with Gasteiger partial charge in [0, 0.05) is 5.69 Å². The van der Waals surface area contributed by atoms with E-state index in [1.54, 1.807) is 5.40 Å². The van der Waals surface area contributed by atoms with Crippen molar-refractivity contribution in [2.75, 3.05) is 5.73 Å². The van der Waals surface area contributed by atoms with Crippen LogP contribution in [-0.2, 0) is 0 Å². The van der Waals surface area contributed by atoms with Crippen molar-refractivity contribution >= 4 is 40.7 Å². The number of hydrogen-bond acceptors (Lipinski definition) is 3. The molecular formula is C7H3Cl2FN2S. The van der Waals surface area contributed by atoms with Gasteiger partial charge in [0.25, 0.3) is 0 Å². The topological polar surface area (TPSA) is 49.8 Å². The maximum Gasteiger partial charge on any atom is 0.161 e. The summed E-state index contributed by atoms with van der Waals surface area (Å²) < 4.78 is 13.1. The molecule has 0 saturated heterocycles. The third-order valence-corrected chi connectivity index (χ3v) is 2.77. The molecule has 13 heavy (non-hydrogen) atoms. The van der Waals surface area contributed by atoms with Crippen LogP contribution in [0.3, 0.4) is 0 Å². The fourth-order valence-electron chi connectivity index (χ4n) is 0.746. The Morgan fingerprint density at radius 1 is 1.54 bits per heavy atom. The molecule has 1 aromatic rings. The molecule has 0 spiro atoms. The predicted molar refractivity (Wildman–Crippen MR) is 52.3 cm³/mol. The van der Waals surface area contributed by atoms with Crippen molar-refractivity contribution in [1.82, 2.24) is 0 Å². The van der Waals surface area contributed by atoms with E-state index in [0.29, 0.717) is 11.8 Å². The predicted octanol–water partition coefficient (Wildman–Crippen LogP) is 3.29. The minimum atomic E-state index is -0.754. The fourth-order valence-corrected chi connectivity index (χ4v) is 1.78. The zero-order chi connectivity index (χ0) is 10.0. The molecule has 2 nitrogen and oxygen atoms in total. The lowest BCUT2D eigenvalue weighted by atomic mass is 10.3. The Labute approximate surface area is 88.4 Å². The van der Waals surface area contributed by atoms with Gasteiger partial charge in [0.2, 0.25) is 0 Å². The monoisotopic (exact) mass is 236 g/mol. The van der Waals surface area contributed by atoms with E-state index in [4.69, 9.17) is 34.2 Å². The first kappa shape index (κ1) is 10.5. The molecule has 6 heteroatoms. The highest BCUT2D eigenvalue weighted by molar-refractivity contribution is 8.04. The van der Waals surface area contributed by atoms with E-state index < -0.39 is 5.82 Å². The van der Waals surface area contributed by atoms with Gasteiger partial charge in [0.15, 0.2) is 5.82 Å². The standard InChI is InChI=1S/C7H3Cl2FN2S/c8-3-1-4(12)7(13-2-11)5(9)6(3)10/h1H,12H2. The summed E-state index contributed by atoms with van der Waals surface area (Å²) in [4.78, 5) is 0.200. The van der Waals surface area contributed by atoms with Gasteiger partial charge in [-0.1, -0.05) is 23.2 Å². The maximum atomic E-state index is 13.1. The van der Waals surface area contributed by atoms with Gasteiger partial charge in [0.05, 0.1) is 14.9 Å². The van der Waals surface area contributed by atoms with Crippen LogP contribution in [0, 0.1) is 16.5 Å². The maximum absolute atomic E-state index is 13.1. The number of halogens is 3. The summed E-state index contributed by atoms with van der Waals surface area (Å²) in [5, 5.41) is 9.77. The summed E-state index contributed by atoms with van der Waals surface area (Å²) in [5.74, 6) is -0.754. The molecule has 0 atom stereocenters. The first-order valence-electron chi connectivity index (χ1n) is 3.06.